The average molecular weight is 250 g/mol. The molecule has 4 nitrogen and oxygen atoms in total. The molecule has 0 saturated heterocycles. The van der Waals surface area contributed by atoms with Crippen LogP contribution in [0.4, 0.5) is 0 Å². The Hall–Kier alpha value is -1.49. The van der Waals surface area contributed by atoms with Crippen LogP contribution in [0, 0.1) is 0 Å². The number of carbonyl (C=O) groups excluding carboxylic acids is 1. The maximum atomic E-state index is 10.6. The van der Waals surface area contributed by atoms with Crippen LogP contribution in [0.1, 0.15) is 13.3 Å². The fraction of sp³-hybridized carbons (Fsp3) is 0.333. The van der Waals surface area contributed by atoms with Gasteiger partial charge in [-0.05, 0) is 18.6 Å². The van der Waals surface area contributed by atoms with Crippen molar-refractivity contribution in [3.8, 4) is 0 Å². The summed E-state index contributed by atoms with van der Waals surface area (Å²) >= 11 is 1.74. The summed E-state index contributed by atoms with van der Waals surface area (Å²) in [6, 6.07) is 6.03. The molecule has 5 heteroatoms. The van der Waals surface area contributed by atoms with Gasteiger partial charge in [-0.3, -0.25) is 9.20 Å². The molecule has 0 saturated carbocycles. The summed E-state index contributed by atoms with van der Waals surface area (Å²) < 4.78 is 6.93. The number of nitrogens with zero attached hydrogens (tertiary/aromatic N) is 2. The van der Waals surface area contributed by atoms with Gasteiger partial charge in [0.1, 0.15) is 5.65 Å². The molecule has 2 heterocycles. The van der Waals surface area contributed by atoms with E-state index in [9.17, 15) is 4.79 Å². The lowest BCUT2D eigenvalue weighted by Crippen LogP contribution is -2.01. The van der Waals surface area contributed by atoms with E-state index in [0.717, 1.165) is 22.8 Å². The zero-order valence-corrected chi connectivity index (χ0v) is 10.4. The lowest BCUT2D eigenvalue weighted by molar-refractivity contribution is -0.140. The molecule has 0 N–H and O–H groups in total. The maximum absolute atomic E-state index is 10.6. The monoisotopic (exact) mass is 250 g/mol. The molecule has 2 rings (SSSR count). The SMILES string of the molecule is CC(=O)OCCCSc1cccc2nccn12. The second-order valence-corrected chi connectivity index (χ2v) is 4.68. The third-order valence-electron chi connectivity index (χ3n) is 2.23. The summed E-state index contributed by atoms with van der Waals surface area (Å²) in [5, 5.41) is 1.16. The molecule has 90 valence electrons. The van der Waals surface area contributed by atoms with Crippen molar-refractivity contribution in [1.29, 1.82) is 0 Å². The summed E-state index contributed by atoms with van der Waals surface area (Å²) in [7, 11) is 0. The minimum atomic E-state index is -0.216. The minimum Gasteiger partial charge on any atom is -0.466 e. The molecule has 2 aromatic heterocycles. The quantitative estimate of drug-likeness (QED) is 0.464. The van der Waals surface area contributed by atoms with Crippen molar-refractivity contribution in [2.75, 3.05) is 12.4 Å². The number of rotatable bonds is 5. The van der Waals surface area contributed by atoms with Gasteiger partial charge in [0.15, 0.2) is 0 Å². The summed E-state index contributed by atoms with van der Waals surface area (Å²) in [6.07, 6.45) is 4.59. The number of imidazole rings is 1. The van der Waals surface area contributed by atoms with Gasteiger partial charge >= 0.3 is 5.97 Å². The molecule has 0 fully saturated rings. The summed E-state index contributed by atoms with van der Waals surface area (Å²) in [4.78, 5) is 14.8. The van der Waals surface area contributed by atoms with Crippen molar-refractivity contribution in [3.05, 3.63) is 30.6 Å². The first-order valence-electron chi connectivity index (χ1n) is 5.45. The van der Waals surface area contributed by atoms with Crippen molar-refractivity contribution >= 4 is 23.4 Å². The Balaban J connectivity index is 1.86. The highest BCUT2D eigenvalue weighted by Gasteiger charge is 2.01. The second kappa shape index (κ2) is 5.72. The van der Waals surface area contributed by atoms with Crippen LogP contribution in [0.3, 0.4) is 0 Å². The molecule has 2 aromatic rings. The van der Waals surface area contributed by atoms with Crippen LogP contribution in [0.15, 0.2) is 35.6 Å². The lowest BCUT2D eigenvalue weighted by atomic mass is 10.5. The molecule has 0 unspecified atom stereocenters. The molecule has 0 aromatic carbocycles. The smallest absolute Gasteiger partial charge is 0.302 e. The van der Waals surface area contributed by atoms with E-state index in [-0.39, 0.29) is 5.97 Å². The number of hydrogen-bond acceptors (Lipinski definition) is 4. The van der Waals surface area contributed by atoms with Crippen molar-refractivity contribution in [1.82, 2.24) is 9.38 Å². The number of thioether (sulfide) groups is 1. The first-order chi connectivity index (χ1) is 8.27. The first kappa shape index (κ1) is 12.0. The van der Waals surface area contributed by atoms with E-state index in [0.29, 0.717) is 6.61 Å². The molecule has 0 radical (unpaired) electrons. The number of fused-ring (bicyclic) bond motifs is 1. The molecule has 0 atom stereocenters. The van der Waals surface area contributed by atoms with Gasteiger partial charge in [0.25, 0.3) is 0 Å². The lowest BCUT2D eigenvalue weighted by Gasteiger charge is -2.05. The Morgan fingerprint density at radius 1 is 1.53 bits per heavy atom. The third kappa shape index (κ3) is 3.23. The predicted octanol–water partition coefficient (Wildman–Crippen LogP) is 2.38. The Bertz CT molecular complexity index is 510. The van der Waals surface area contributed by atoms with Gasteiger partial charge in [-0.1, -0.05) is 6.07 Å². The Kier molecular flexibility index (Phi) is 4.03. The standard InChI is InChI=1S/C12H14N2O2S/c1-10(15)16-8-3-9-17-12-5-2-4-11-13-6-7-14(11)12/h2,4-7H,3,8-9H2,1H3. The van der Waals surface area contributed by atoms with E-state index in [4.69, 9.17) is 4.74 Å². The molecule has 0 amide bonds. The Morgan fingerprint density at radius 2 is 2.41 bits per heavy atom. The van der Waals surface area contributed by atoms with Gasteiger partial charge in [0.2, 0.25) is 0 Å². The normalized spacial score (nSPS) is 10.6. The molecule has 0 aliphatic rings. The van der Waals surface area contributed by atoms with Gasteiger partial charge in [0.05, 0.1) is 11.6 Å². The average Bonchev–Trinajstić information content (AvgIpc) is 2.77. The number of pyridine rings is 1. The highest BCUT2D eigenvalue weighted by molar-refractivity contribution is 7.99. The van der Waals surface area contributed by atoms with Gasteiger partial charge < -0.3 is 4.74 Å². The Labute approximate surface area is 104 Å². The van der Waals surface area contributed by atoms with Crippen molar-refractivity contribution < 1.29 is 9.53 Å². The fourth-order valence-corrected chi connectivity index (χ4v) is 2.43. The van der Waals surface area contributed by atoms with Crippen LogP contribution in [0.2, 0.25) is 0 Å². The van der Waals surface area contributed by atoms with Gasteiger partial charge in [-0.25, -0.2) is 4.98 Å². The molecule has 0 bridgehead atoms. The van der Waals surface area contributed by atoms with Crippen molar-refractivity contribution in [3.63, 3.8) is 0 Å². The maximum Gasteiger partial charge on any atom is 0.302 e. The number of esters is 1. The minimum absolute atomic E-state index is 0.216. The van der Waals surface area contributed by atoms with Crippen molar-refractivity contribution in [2.45, 2.75) is 18.4 Å². The van der Waals surface area contributed by atoms with Crippen LogP contribution >= 0.6 is 11.8 Å². The Morgan fingerprint density at radius 3 is 3.24 bits per heavy atom. The highest BCUT2D eigenvalue weighted by atomic mass is 32.2. The largest absolute Gasteiger partial charge is 0.466 e. The van der Waals surface area contributed by atoms with E-state index < -0.39 is 0 Å². The second-order valence-electron chi connectivity index (χ2n) is 3.56. The molecule has 0 spiro atoms. The van der Waals surface area contributed by atoms with E-state index >= 15 is 0 Å². The molecular weight excluding hydrogens is 236 g/mol. The van der Waals surface area contributed by atoms with Crippen LogP contribution in [-0.2, 0) is 9.53 Å². The summed E-state index contributed by atoms with van der Waals surface area (Å²) in [5.41, 5.74) is 0.954. The molecule has 0 aliphatic carbocycles. The van der Waals surface area contributed by atoms with Crippen LogP contribution in [-0.4, -0.2) is 27.7 Å². The number of hydrogen-bond donors (Lipinski definition) is 0. The number of aromatic nitrogens is 2. The van der Waals surface area contributed by atoms with Crippen molar-refractivity contribution in [2.24, 2.45) is 0 Å². The zero-order valence-electron chi connectivity index (χ0n) is 9.63. The first-order valence-corrected chi connectivity index (χ1v) is 6.44. The van der Waals surface area contributed by atoms with E-state index in [1.54, 1.807) is 18.0 Å². The predicted molar refractivity (Wildman–Crippen MR) is 67.2 cm³/mol. The summed E-state index contributed by atoms with van der Waals surface area (Å²) in [5.74, 6) is 0.705. The van der Waals surface area contributed by atoms with Crippen LogP contribution < -0.4 is 0 Å². The zero-order chi connectivity index (χ0) is 12.1. The molecule has 0 aliphatic heterocycles. The summed E-state index contributed by atoms with van der Waals surface area (Å²) in [6.45, 7) is 1.92. The van der Waals surface area contributed by atoms with Crippen LogP contribution in [0.25, 0.3) is 5.65 Å². The fourth-order valence-electron chi connectivity index (χ4n) is 1.49. The highest BCUT2D eigenvalue weighted by Crippen LogP contribution is 2.19. The van der Waals surface area contributed by atoms with Gasteiger partial charge in [0, 0.05) is 25.1 Å². The molecular formula is C12H14N2O2S. The van der Waals surface area contributed by atoms with Gasteiger partial charge in [-0.15, -0.1) is 11.8 Å². The molecule has 17 heavy (non-hydrogen) atoms. The topological polar surface area (TPSA) is 43.6 Å². The van der Waals surface area contributed by atoms with E-state index in [1.807, 2.05) is 18.3 Å². The third-order valence-corrected chi connectivity index (χ3v) is 3.36. The van der Waals surface area contributed by atoms with E-state index in [2.05, 4.69) is 15.5 Å². The number of ether oxygens (including phenoxy) is 1. The van der Waals surface area contributed by atoms with Gasteiger partial charge in [-0.2, -0.15) is 0 Å². The number of carbonyl (C=O) groups is 1. The van der Waals surface area contributed by atoms with Crippen LogP contribution in [0.5, 0.6) is 0 Å². The van der Waals surface area contributed by atoms with E-state index in [1.165, 1.54) is 6.92 Å².